The number of rotatable bonds is 3. The number of anilines is 2. The van der Waals surface area contributed by atoms with Gasteiger partial charge in [0.15, 0.2) is 5.17 Å². The first-order valence-electron chi connectivity index (χ1n) is 10.0. The Labute approximate surface area is 190 Å². The third-order valence-corrected chi connectivity index (χ3v) is 7.65. The Morgan fingerprint density at radius 3 is 2.45 bits per heavy atom. The molecule has 0 aliphatic carbocycles. The van der Waals surface area contributed by atoms with Gasteiger partial charge in [-0.1, -0.05) is 66.4 Å². The molecule has 0 bridgehead atoms. The van der Waals surface area contributed by atoms with Crippen LogP contribution in [0.5, 0.6) is 0 Å². The first-order valence-corrected chi connectivity index (χ1v) is 11.7. The normalized spacial score (nSPS) is 19.4. The Kier molecular flexibility index (Phi) is 5.34. The second-order valence-corrected chi connectivity index (χ2v) is 9.44. The van der Waals surface area contributed by atoms with Crippen molar-refractivity contribution in [3.05, 3.63) is 99.9 Å². The number of thioether (sulfide) groups is 2. The van der Waals surface area contributed by atoms with Gasteiger partial charge in [-0.3, -0.25) is 14.7 Å². The second-order valence-electron chi connectivity index (χ2n) is 7.43. The predicted octanol–water partition coefficient (Wildman–Crippen LogP) is 6.04. The summed E-state index contributed by atoms with van der Waals surface area (Å²) < 4.78 is 0. The number of hydrogen-bond donors (Lipinski definition) is 0. The summed E-state index contributed by atoms with van der Waals surface area (Å²) in [5.74, 6) is -0.0235. The molecule has 154 valence electrons. The third-order valence-electron chi connectivity index (χ3n) is 5.21. The lowest BCUT2D eigenvalue weighted by Crippen LogP contribution is -2.29. The van der Waals surface area contributed by atoms with Crippen LogP contribution in [0.25, 0.3) is 0 Å². The van der Waals surface area contributed by atoms with Gasteiger partial charge in [-0.05, 0) is 54.1 Å². The number of amidine groups is 1. The van der Waals surface area contributed by atoms with Crippen LogP contribution in [0, 0.1) is 6.92 Å². The van der Waals surface area contributed by atoms with Crippen molar-refractivity contribution in [2.45, 2.75) is 18.4 Å². The molecule has 0 spiro atoms. The van der Waals surface area contributed by atoms with Gasteiger partial charge in [0.25, 0.3) is 5.91 Å². The zero-order chi connectivity index (χ0) is 21.4. The molecule has 6 heteroatoms. The molecule has 0 aromatic heterocycles. The van der Waals surface area contributed by atoms with Gasteiger partial charge in [-0.2, -0.15) is 0 Å². The molecule has 4 nitrogen and oxygen atoms in total. The lowest BCUT2D eigenvalue weighted by atomic mass is 10.2. The molecular weight excluding hydrogens is 422 g/mol. The molecule has 2 aliphatic rings. The summed E-state index contributed by atoms with van der Waals surface area (Å²) in [7, 11) is 2.02. The number of aliphatic imine (C=N–C) groups is 1. The van der Waals surface area contributed by atoms with Gasteiger partial charge in [0.1, 0.15) is 4.91 Å². The summed E-state index contributed by atoms with van der Waals surface area (Å²) in [6.07, 6.45) is 0. The SMILES string of the molecule is Cc1cccc(N2C(=O)C(=C3Sc4ccccc4N3C)SC2=NCc2ccccc2)c1. The van der Waals surface area contributed by atoms with Crippen molar-refractivity contribution in [1.29, 1.82) is 0 Å². The van der Waals surface area contributed by atoms with E-state index in [1.165, 1.54) is 11.8 Å². The minimum absolute atomic E-state index is 0.0235. The molecule has 1 amide bonds. The summed E-state index contributed by atoms with van der Waals surface area (Å²) in [6.45, 7) is 2.57. The fourth-order valence-corrected chi connectivity index (χ4v) is 5.97. The van der Waals surface area contributed by atoms with E-state index in [1.807, 2.05) is 68.6 Å². The monoisotopic (exact) mass is 443 g/mol. The Morgan fingerprint density at radius 1 is 0.903 bits per heavy atom. The van der Waals surface area contributed by atoms with Crippen LogP contribution in [0.15, 0.2) is 98.7 Å². The number of carbonyl (C=O) groups is 1. The molecule has 31 heavy (non-hydrogen) atoms. The van der Waals surface area contributed by atoms with E-state index in [2.05, 4.69) is 29.2 Å². The highest BCUT2D eigenvalue weighted by Gasteiger charge is 2.39. The van der Waals surface area contributed by atoms with Gasteiger partial charge in [0.2, 0.25) is 0 Å². The van der Waals surface area contributed by atoms with Crippen molar-refractivity contribution in [2.75, 3.05) is 16.8 Å². The summed E-state index contributed by atoms with van der Waals surface area (Å²) in [4.78, 5) is 24.2. The molecule has 5 rings (SSSR count). The van der Waals surface area contributed by atoms with E-state index in [-0.39, 0.29) is 5.91 Å². The quantitative estimate of drug-likeness (QED) is 0.462. The van der Waals surface area contributed by atoms with Crippen molar-refractivity contribution in [3.8, 4) is 0 Å². The van der Waals surface area contributed by atoms with Crippen molar-refractivity contribution in [2.24, 2.45) is 4.99 Å². The minimum atomic E-state index is -0.0235. The van der Waals surface area contributed by atoms with Gasteiger partial charge in [-0.25, -0.2) is 0 Å². The lowest BCUT2D eigenvalue weighted by molar-refractivity contribution is -0.113. The van der Waals surface area contributed by atoms with Gasteiger partial charge in [0, 0.05) is 11.9 Å². The Bertz CT molecular complexity index is 1220. The summed E-state index contributed by atoms with van der Waals surface area (Å²) >= 11 is 3.11. The summed E-state index contributed by atoms with van der Waals surface area (Å²) in [6, 6.07) is 26.4. The molecule has 0 unspecified atom stereocenters. The number of amides is 1. The molecule has 2 aliphatic heterocycles. The van der Waals surface area contributed by atoms with Gasteiger partial charge in [-0.15, -0.1) is 0 Å². The van der Waals surface area contributed by atoms with E-state index in [9.17, 15) is 4.79 Å². The van der Waals surface area contributed by atoms with E-state index >= 15 is 0 Å². The van der Waals surface area contributed by atoms with Crippen LogP contribution in [-0.4, -0.2) is 18.1 Å². The predicted molar refractivity (Wildman–Crippen MR) is 132 cm³/mol. The van der Waals surface area contributed by atoms with Crippen LogP contribution in [0.4, 0.5) is 11.4 Å². The topological polar surface area (TPSA) is 35.9 Å². The summed E-state index contributed by atoms with van der Waals surface area (Å²) in [5.41, 5.74) is 4.20. The van der Waals surface area contributed by atoms with Crippen LogP contribution in [0.3, 0.4) is 0 Å². The molecule has 1 fully saturated rings. The fraction of sp³-hybridized carbons (Fsp3) is 0.120. The molecule has 0 saturated carbocycles. The number of carbonyl (C=O) groups excluding carboxylic acids is 1. The average Bonchev–Trinajstić information content (AvgIpc) is 3.29. The second kappa shape index (κ2) is 8.29. The van der Waals surface area contributed by atoms with Crippen LogP contribution in [0.2, 0.25) is 0 Å². The lowest BCUT2D eigenvalue weighted by Gasteiger charge is -2.17. The Hall–Kier alpha value is -2.96. The van der Waals surface area contributed by atoms with Crippen molar-refractivity contribution >= 4 is 46.0 Å². The van der Waals surface area contributed by atoms with Gasteiger partial charge in [0.05, 0.1) is 22.9 Å². The maximum Gasteiger partial charge on any atom is 0.274 e. The van der Waals surface area contributed by atoms with E-state index in [0.717, 1.165) is 37.3 Å². The zero-order valence-electron chi connectivity index (χ0n) is 17.3. The first-order chi connectivity index (χ1) is 15.1. The van der Waals surface area contributed by atoms with Crippen LogP contribution < -0.4 is 9.80 Å². The van der Waals surface area contributed by atoms with Crippen molar-refractivity contribution in [3.63, 3.8) is 0 Å². The van der Waals surface area contributed by atoms with Crippen molar-refractivity contribution in [1.82, 2.24) is 0 Å². The number of aryl methyl sites for hydroxylation is 1. The number of nitrogens with zero attached hydrogens (tertiary/aromatic N) is 3. The molecule has 3 aromatic carbocycles. The highest BCUT2D eigenvalue weighted by Crippen LogP contribution is 2.50. The highest BCUT2D eigenvalue weighted by atomic mass is 32.2. The van der Waals surface area contributed by atoms with Crippen LogP contribution >= 0.6 is 23.5 Å². The van der Waals surface area contributed by atoms with Gasteiger partial charge < -0.3 is 4.90 Å². The van der Waals surface area contributed by atoms with E-state index in [1.54, 1.807) is 16.7 Å². The van der Waals surface area contributed by atoms with Crippen LogP contribution in [0.1, 0.15) is 11.1 Å². The number of benzene rings is 3. The van der Waals surface area contributed by atoms with Crippen molar-refractivity contribution < 1.29 is 4.79 Å². The maximum atomic E-state index is 13.6. The zero-order valence-corrected chi connectivity index (χ0v) is 18.9. The maximum absolute atomic E-state index is 13.6. The number of fused-ring (bicyclic) bond motifs is 1. The van der Waals surface area contributed by atoms with Crippen LogP contribution in [-0.2, 0) is 11.3 Å². The Balaban J connectivity index is 1.56. The molecule has 0 radical (unpaired) electrons. The molecule has 1 saturated heterocycles. The smallest absolute Gasteiger partial charge is 0.274 e. The minimum Gasteiger partial charge on any atom is -0.337 e. The molecular formula is C25H21N3OS2. The fourth-order valence-electron chi connectivity index (χ4n) is 3.65. The molecule has 3 aromatic rings. The molecule has 2 heterocycles. The van der Waals surface area contributed by atoms with E-state index in [4.69, 9.17) is 4.99 Å². The first kappa shape index (κ1) is 20.0. The summed E-state index contributed by atoms with van der Waals surface area (Å²) in [5, 5.41) is 1.67. The third kappa shape index (κ3) is 3.77. The highest BCUT2D eigenvalue weighted by molar-refractivity contribution is 8.20. The average molecular weight is 444 g/mol. The van der Waals surface area contributed by atoms with E-state index in [0.29, 0.717) is 11.7 Å². The number of para-hydroxylation sites is 1. The molecule has 0 N–H and O–H groups in total. The van der Waals surface area contributed by atoms with E-state index < -0.39 is 0 Å². The largest absolute Gasteiger partial charge is 0.337 e. The Morgan fingerprint density at radius 2 is 1.68 bits per heavy atom. The van der Waals surface area contributed by atoms with Gasteiger partial charge >= 0.3 is 0 Å². The number of hydrogen-bond acceptors (Lipinski definition) is 5. The molecule has 0 atom stereocenters. The standard InChI is InChI=1S/C25H21N3OS2/c1-17-9-8-12-19(15-17)28-23(29)22(24-27(2)20-13-6-7-14-21(20)30-24)31-25(28)26-16-18-10-4-3-5-11-18/h3-15H,16H2,1-2H3.